The van der Waals surface area contributed by atoms with Gasteiger partial charge in [0.05, 0.1) is 29.0 Å². The van der Waals surface area contributed by atoms with Crippen molar-refractivity contribution in [2.24, 2.45) is 4.99 Å². The fourth-order valence-corrected chi connectivity index (χ4v) is 4.53. The Morgan fingerprint density at radius 1 is 1.36 bits per heavy atom. The standard InChI is InChI=1S/C21H18F3N5O3S/c1-9-5-4-6-26-17(9)27-13(8-14(25)21(22,23)24)18-29-15-10(2)16-12(28-20(31-3)33-16)7-11(15)19(30)32-18/h4-8,12,16,25H,1-3H3,(H,26,27)/p+1. The van der Waals surface area contributed by atoms with Gasteiger partial charge in [-0.25, -0.2) is 19.8 Å². The minimum Gasteiger partial charge on any atom is -0.476 e. The summed E-state index contributed by atoms with van der Waals surface area (Å²) in [6.45, 7) is 3.52. The molecule has 4 rings (SSSR count). The summed E-state index contributed by atoms with van der Waals surface area (Å²) in [4.78, 5) is 25.8. The first kappa shape index (κ1) is 22.9. The van der Waals surface area contributed by atoms with Crippen molar-refractivity contribution in [2.75, 3.05) is 7.11 Å². The molecule has 0 spiro atoms. The van der Waals surface area contributed by atoms with Crippen LogP contribution in [0.5, 0.6) is 0 Å². The van der Waals surface area contributed by atoms with Crippen molar-refractivity contribution in [2.45, 2.75) is 31.3 Å². The summed E-state index contributed by atoms with van der Waals surface area (Å²) in [5.41, 5.74) is -1.14. The normalized spacial score (nSPS) is 20.0. The van der Waals surface area contributed by atoms with Crippen LogP contribution in [0.3, 0.4) is 0 Å². The molecule has 2 atom stereocenters. The number of hydrogen-bond acceptors (Lipinski definition) is 8. The number of aliphatic imine (C=N–C) groups is 1. The molecule has 1 aliphatic heterocycles. The Morgan fingerprint density at radius 3 is 2.79 bits per heavy atom. The molecule has 0 radical (unpaired) electrons. The van der Waals surface area contributed by atoms with Crippen LogP contribution in [0.25, 0.3) is 17.3 Å². The lowest BCUT2D eigenvalue weighted by atomic mass is 10.0. The van der Waals surface area contributed by atoms with E-state index in [2.05, 4.69) is 15.0 Å². The van der Waals surface area contributed by atoms with E-state index in [-0.39, 0.29) is 28.1 Å². The third kappa shape index (κ3) is 4.48. The van der Waals surface area contributed by atoms with Gasteiger partial charge < -0.3 is 9.15 Å². The van der Waals surface area contributed by atoms with Gasteiger partial charge in [-0.3, -0.25) is 10.7 Å². The highest BCUT2D eigenvalue weighted by atomic mass is 32.2. The number of ether oxygens (including phenoxy) is 1. The SMILES string of the molecule is COC1=NC2C=c3c(nc(C(=CC(=N)C(F)(F)F)[NH2+]c4ncccc4C)oc3=O)=C(C)C2S1. The van der Waals surface area contributed by atoms with Crippen LogP contribution in [0.4, 0.5) is 19.0 Å². The quantitative estimate of drug-likeness (QED) is 0.634. The zero-order chi connectivity index (χ0) is 23.9. The first-order valence-electron chi connectivity index (χ1n) is 9.75. The van der Waals surface area contributed by atoms with Crippen molar-refractivity contribution in [3.05, 3.63) is 56.8 Å². The molecule has 12 heteroatoms. The van der Waals surface area contributed by atoms with E-state index >= 15 is 0 Å². The van der Waals surface area contributed by atoms with Crippen LogP contribution >= 0.6 is 11.8 Å². The van der Waals surface area contributed by atoms with E-state index in [0.717, 1.165) is 5.57 Å². The molecule has 2 aliphatic rings. The second-order valence-electron chi connectivity index (χ2n) is 7.41. The van der Waals surface area contributed by atoms with E-state index in [9.17, 15) is 18.0 Å². The molecule has 0 bridgehead atoms. The van der Waals surface area contributed by atoms with Gasteiger partial charge in [-0.1, -0.05) is 17.8 Å². The van der Waals surface area contributed by atoms with Crippen molar-refractivity contribution < 1.29 is 27.6 Å². The van der Waals surface area contributed by atoms with Gasteiger partial charge in [-0.15, -0.1) is 0 Å². The summed E-state index contributed by atoms with van der Waals surface area (Å²) in [7, 11) is 1.50. The van der Waals surface area contributed by atoms with Crippen LogP contribution in [-0.2, 0) is 4.74 Å². The first-order valence-corrected chi connectivity index (χ1v) is 10.6. The van der Waals surface area contributed by atoms with Crippen molar-refractivity contribution >= 4 is 45.9 Å². The summed E-state index contributed by atoms with van der Waals surface area (Å²) in [5.74, 6) is 0.0255. The van der Waals surface area contributed by atoms with Crippen LogP contribution in [0.15, 0.2) is 38.6 Å². The summed E-state index contributed by atoms with van der Waals surface area (Å²) in [6, 6.07) is 3.09. The number of nitrogens with one attached hydrogen (secondary N) is 1. The van der Waals surface area contributed by atoms with Gasteiger partial charge >= 0.3 is 11.8 Å². The Labute approximate surface area is 189 Å². The lowest BCUT2D eigenvalue weighted by Crippen LogP contribution is -2.76. The zero-order valence-corrected chi connectivity index (χ0v) is 18.5. The number of aryl methyl sites for hydroxylation is 1. The number of quaternary nitrogens is 1. The Kier molecular flexibility index (Phi) is 5.97. The van der Waals surface area contributed by atoms with E-state index < -0.39 is 17.5 Å². The number of pyridine rings is 1. The maximum atomic E-state index is 13.1. The number of thioether (sulfide) groups is 1. The molecule has 0 saturated carbocycles. The molecule has 3 N–H and O–H groups in total. The molecule has 2 unspecified atom stereocenters. The largest absolute Gasteiger partial charge is 0.476 e. The maximum Gasteiger partial charge on any atom is 0.432 e. The highest BCUT2D eigenvalue weighted by Crippen LogP contribution is 2.34. The third-order valence-electron chi connectivity index (χ3n) is 5.18. The average molecular weight is 478 g/mol. The number of nitrogens with two attached hydrogens (primary N) is 1. The number of nitrogens with zero attached hydrogens (tertiary/aromatic N) is 3. The Bertz CT molecular complexity index is 1380. The number of hydrogen-bond donors (Lipinski definition) is 2. The van der Waals surface area contributed by atoms with Crippen LogP contribution < -0.4 is 21.5 Å². The Morgan fingerprint density at radius 2 is 2.12 bits per heavy atom. The molecule has 0 aromatic carbocycles. The second-order valence-corrected chi connectivity index (χ2v) is 8.50. The smallest absolute Gasteiger partial charge is 0.432 e. The Balaban J connectivity index is 1.87. The highest BCUT2D eigenvalue weighted by Gasteiger charge is 2.36. The van der Waals surface area contributed by atoms with E-state index in [4.69, 9.17) is 14.6 Å². The summed E-state index contributed by atoms with van der Waals surface area (Å²) >= 11 is 1.38. The fraction of sp³-hybridized carbons (Fsp3) is 0.286. The van der Waals surface area contributed by atoms with Crippen LogP contribution in [0.1, 0.15) is 18.4 Å². The number of alkyl halides is 3. The number of aromatic nitrogens is 2. The van der Waals surface area contributed by atoms with Crippen molar-refractivity contribution in [1.29, 1.82) is 5.41 Å². The monoisotopic (exact) mass is 478 g/mol. The average Bonchev–Trinajstić information content (AvgIpc) is 3.18. The molecule has 172 valence electrons. The fourth-order valence-electron chi connectivity index (χ4n) is 3.47. The molecule has 2 aromatic rings. The molecule has 0 fully saturated rings. The van der Waals surface area contributed by atoms with Gasteiger partial charge in [0.2, 0.25) is 16.7 Å². The van der Waals surface area contributed by atoms with Crippen LogP contribution in [-0.4, -0.2) is 45.5 Å². The minimum atomic E-state index is -4.88. The lowest BCUT2D eigenvalue weighted by Gasteiger charge is -2.18. The summed E-state index contributed by atoms with van der Waals surface area (Å²) in [5, 5.41) is 9.57. The van der Waals surface area contributed by atoms with Gasteiger partial charge in [0.1, 0.15) is 5.71 Å². The van der Waals surface area contributed by atoms with E-state index in [1.807, 2.05) is 0 Å². The van der Waals surface area contributed by atoms with Crippen molar-refractivity contribution in [3.8, 4) is 0 Å². The molecule has 3 heterocycles. The number of methoxy groups -OCH3 is 1. The van der Waals surface area contributed by atoms with Gasteiger partial charge in [0.25, 0.3) is 5.89 Å². The lowest BCUT2D eigenvalue weighted by molar-refractivity contribution is -0.475. The van der Waals surface area contributed by atoms with Crippen molar-refractivity contribution in [1.82, 2.24) is 9.97 Å². The van der Waals surface area contributed by atoms with Gasteiger partial charge in [0, 0.05) is 17.8 Å². The Hall–Kier alpha value is -3.25. The topological polar surface area (TPSA) is 118 Å². The van der Waals surface area contributed by atoms with E-state index in [1.54, 1.807) is 32.1 Å². The first-order chi connectivity index (χ1) is 15.6. The number of allylic oxidation sites excluding steroid dienone is 1. The summed E-state index contributed by atoms with van der Waals surface area (Å²) in [6.07, 6.45) is -1.20. The van der Waals surface area contributed by atoms with Crippen LogP contribution in [0.2, 0.25) is 0 Å². The molecule has 0 amide bonds. The minimum absolute atomic E-state index is 0.155. The number of rotatable bonds is 4. The summed E-state index contributed by atoms with van der Waals surface area (Å²) < 4.78 is 49.9. The molecular weight excluding hydrogens is 459 g/mol. The van der Waals surface area contributed by atoms with Crippen molar-refractivity contribution in [3.63, 3.8) is 0 Å². The third-order valence-corrected chi connectivity index (χ3v) is 6.54. The van der Waals surface area contributed by atoms with Crippen LogP contribution in [0, 0.1) is 12.3 Å². The van der Waals surface area contributed by atoms with E-state index in [1.165, 1.54) is 30.4 Å². The number of fused-ring (bicyclic) bond motifs is 2. The molecule has 8 nitrogen and oxygen atoms in total. The predicted molar refractivity (Wildman–Crippen MR) is 117 cm³/mol. The molecule has 2 aromatic heterocycles. The van der Waals surface area contributed by atoms with Gasteiger partial charge in [0.15, 0.2) is 0 Å². The number of halogens is 3. The molecule has 33 heavy (non-hydrogen) atoms. The van der Waals surface area contributed by atoms with Gasteiger partial charge in [-0.05, 0) is 31.6 Å². The molecule has 1 aliphatic carbocycles. The van der Waals surface area contributed by atoms with E-state index in [0.29, 0.717) is 28.0 Å². The van der Waals surface area contributed by atoms with Gasteiger partial charge in [-0.2, -0.15) is 13.2 Å². The highest BCUT2D eigenvalue weighted by molar-refractivity contribution is 8.14. The molecular formula is C21H19F3N5O3S+. The second kappa shape index (κ2) is 8.60. The zero-order valence-electron chi connectivity index (χ0n) is 17.7. The maximum absolute atomic E-state index is 13.1. The predicted octanol–water partition coefficient (Wildman–Crippen LogP) is 1.01. The molecule has 0 saturated heterocycles.